The summed E-state index contributed by atoms with van der Waals surface area (Å²) in [6.07, 6.45) is 2.82. The Morgan fingerprint density at radius 2 is 1.96 bits per heavy atom. The minimum atomic E-state index is -3.60. The van der Waals surface area contributed by atoms with Gasteiger partial charge >= 0.3 is 0 Å². The lowest BCUT2D eigenvalue weighted by atomic mass is 10.1. The minimum Gasteiger partial charge on any atom is -0.335 e. The number of sulfone groups is 1. The lowest BCUT2D eigenvalue weighted by Gasteiger charge is -2.28. The summed E-state index contributed by atoms with van der Waals surface area (Å²) in [7, 11) is -6.72. The van der Waals surface area contributed by atoms with Crippen LogP contribution in [0.5, 0.6) is 0 Å². The van der Waals surface area contributed by atoms with Gasteiger partial charge in [0.05, 0.1) is 16.4 Å². The molecule has 2 aliphatic heterocycles. The van der Waals surface area contributed by atoms with Gasteiger partial charge in [-0.1, -0.05) is 13.0 Å². The van der Waals surface area contributed by atoms with Crippen molar-refractivity contribution >= 4 is 25.8 Å². The van der Waals surface area contributed by atoms with Crippen LogP contribution in [0.3, 0.4) is 0 Å². The zero-order chi connectivity index (χ0) is 19.7. The number of hydrogen-bond donors (Lipinski definition) is 0. The highest BCUT2D eigenvalue weighted by Gasteiger charge is 2.35. The fourth-order valence-corrected chi connectivity index (χ4v) is 7.04. The molecular formula is C18H26N2O5S2. The highest BCUT2D eigenvalue weighted by Crippen LogP contribution is 2.24. The van der Waals surface area contributed by atoms with Crippen LogP contribution in [0.15, 0.2) is 29.2 Å². The van der Waals surface area contributed by atoms with Crippen LogP contribution in [0.1, 0.15) is 43.0 Å². The molecule has 2 aliphatic rings. The van der Waals surface area contributed by atoms with Gasteiger partial charge < -0.3 is 4.90 Å². The van der Waals surface area contributed by atoms with E-state index in [0.29, 0.717) is 32.5 Å². The van der Waals surface area contributed by atoms with Crippen molar-refractivity contribution in [3.05, 3.63) is 29.8 Å². The maximum absolute atomic E-state index is 13.1. The van der Waals surface area contributed by atoms with E-state index in [1.165, 1.54) is 16.4 Å². The third-order valence-corrected chi connectivity index (χ3v) is 8.80. The molecule has 1 aromatic carbocycles. The maximum Gasteiger partial charge on any atom is 0.254 e. The number of carbonyl (C=O) groups excluding carboxylic acids is 1. The molecule has 0 bridgehead atoms. The normalized spacial score (nSPS) is 22.8. The van der Waals surface area contributed by atoms with Gasteiger partial charge in [0.2, 0.25) is 10.0 Å². The van der Waals surface area contributed by atoms with Crippen LogP contribution < -0.4 is 0 Å². The molecule has 150 valence electrons. The van der Waals surface area contributed by atoms with E-state index in [-0.39, 0.29) is 33.9 Å². The van der Waals surface area contributed by atoms with Crippen LogP contribution in [0.2, 0.25) is 0 Å². The van der Waals surface area contributed by atoms with Gasteiger partial charge in [-0.25, -0.2) is 16.8 Å². The van der Waals surface area contributed by atoms with E-state index in [9.17, 15) is 21.6 Å². The molecule has 2 heterocycles. The van der Waals surface area contributed by atoms with Crippen molar-refractivity contribution < 1.29 is 21.6 Å². The summed E-state index contributed by atoms with van der Waals surface area (Å²) >= 11 is 0. The van der Waals surface area contributed by atoms with E-state index >= 15 is 0 Å². The fraction of sp³-hybridized carbons (Fsp3) is 0.611. The molecule has 0 unspecified atom stereocenters. The largest absolute Gasteiger partial charge is 0.335 e. The molecule has 0 spiro atoms. The third kappa shape index (κ3) is 4.35. The predicted octanol–water partition coefficient (Wildman–Crippen LogP) is 1.51. The summed E-state index contributed by atoms with van der Waals surface area (Å²) in [5.74, 6) is -0.239. The Labute approximate surface area is 161 Å². The molecule has 2 saturated heterocycles. The van der Waals surface area contributed by atoms with E-state index in [4.69, 9.17) is 0 Å². The fourth-order valence-electron chi connectivity index (χ4n) is 3.74. The van der Waals surface area contributed by atoms with Crippen molar-refractivity contribution in [3.8, 4) is 0 Å². The summed E-state index contributed by atoms with van der Waals surface area (Å²) in [5.41, 5.74) is 0.285. The number of benzene rings is 1. The zero-order valence-corrected chi connectivity index (χ0v) is 17.1. The molecule has 9 heteroatoms. The Kier molecular flexibility index (Phi) is 5.93. The van der Waals surface area contributed by atoms with Gasteiger partial charge in [0, 0.05) is 31.2 Å². The molecule has 0 aromatic heterocycles. The van der Waals surface area contributed by atoms with Crippen molar-refractivity contribution in [2.24, 2.45) is 0 Å². The number of amides is 1. The molecule has 27 heavy (non-hydrogen) atoms. The van der Waals surface area contributed by atoms with Crippen molar-refractivity contribution in [3.63, 3.8) is 0 Å². The van der Waals surface area contributed by atoms with Crippen LogP contribution in [0, 0.1) is 0 Å². The Hall–Kier alpha value is -1.45. The van der Waals surface area contributed by atoms with Crippen molar-refractivity contribution in [2.75, 3.05) is 31.1 Å². The van der Waals surface area contributed by atoms with E-state index in [1.807, 2.05) is 6.92 Å². The highest BCUT2D eigenvalue weighted by molar-refractivity contribution is 7.91. The summed E-state index contributed by atoms with van der Waals surface area (Å²) in [4.78, 5) is 14.8. The molecule has 1 atom stereocenters. The van der Waals surface area contributed by atoms with E-state index in [1.54, 1.807) is 17.0 Å². The van der Waals surface area contributed by atoms with E-state index in [0.717, 1.165) is 12.8 Å². The first-order valence-electron chi connectivity index (χ1n) is 9.36. The van der Waals surface area contributed by atoms with Crippen molar-refractivity contribution in [2.45, 2.75) is 43.5 Å². The van der Waals surface area contributed by atoms with Gasteiger partial charge in [-0.3, -0.25) is 4.79 Å². The standard InChI is InChI=1S/C18H26N2O5S2/c1-2-9-20(16-8-12-26(22,23)14-16)18(21)15-6-5-7-17(13-15)27(24,25)19-10-3-4-11-19/h5-7,13,16H,2-4,8-12,14H2,1H3/t16-/m0/s1. The Morgan fingerprint density at radius 3 is 2.56 bits per heavy atom. The average molecular weight is 415 g/mol. The van der Waals surface area contributed by atoms with Gasteiger partial charge in [0.1, 0.15) is 0 Å². The second-order valence-corrected chi connectivity index (χ2v) is 11.4. The lowest BCUT2D eigenvalue weighted by molar-refractivity contribution is 0.0697. The molecule has 0 N–H and O–H groups in total. The van der Waals surface area contributed by atoms with Gasteiger partial charge in [0.25, 0.3) is 5.91 Å². The van der Waals surface area contributed by atoms with Gasteiger partial charge in [0.15, 0.2) is 9.84 Å². The number of rotatable bonds is 6. The topological polar surface area (TPSA) is 91.8 Å². The number of carbonyl (C=O) groups is 1. The minimum absolute atomic E-state index is 0.0233. The highest BCUT2D eigenvalue weighted by atomic mass is 32.2. The SMILES string of the molecule is CCCN(C(=O)c1cccc(S(=O)(=O)N2CCCC2)c1)[C@H]1CCS(=O)(=O)C1. The molecule has 0 radical (unpaired) electrons. The van der Waals surface area contributed by atoms with Crippen molar-refractivity contribution in [1.82, 2.24) is 9.21 Å². The molecule has 0 saturated carbocycles. The zero-order valence-electron chi connectivity index (χ0n) is 15.5. The van der Waals surface area contributed by atoms with Crippen molar-refractivity contribution in [1.29, 1.82) is 0 Å². The van der Waals surface area contributed by atoms with Crippen LogP contribution in [-0.4, -0.2) is 69.1 Å². The summed E-state index contributed by atoms with van der Waals surface area (Å²) in [5, 5.41) is 0. The average Bonchev–Trinajstić information content (AvgIpc) is 3.29. The summed E-state index contributed by atoms with van der Waals surface area (Å²) in [6, 6.07) is 5.75. The molecule has 3 rings (SSSR count). The molecule has 2 fully saturated rings. The predicted molar refractivity (Wildman–Crippen MR) is 103 cm³/mol. The van der Waals surface area contributed by atoms with Gasteiger partial charge in [-0.2, -0.15) is 4.31 Å². The Bertz CT molecular complexity index is 905. The quantitative estimate of drug-likeness (QED) is 0.704. The number of nitrogens with zero attached hydrogens (tertiary/aromatic N) is 2. The van der Waals surface area contributed by atoms with Gasteiger partial charge in [-0.05, 0) is 43.9 Å². The van der Waals surface area contributed by atoms with E-state index in [2.05, 4.69) is 0 Å². The second-order valence-electron chi connectivity index (χ2n) is 7.19. The first-order valence-corrected chi connectivity index (χ1v) is 12.6. The summed E-state index contributed by atoms with van der Waals surface area (Å²) < 4.78 is 50.6. The Balaban J connectivity index is 1.87. The Morgan fingerprint density at radius 1 is 1.26 bits per heavy atom. The monoisotopic (exact) mass is 414 g/mol. The first-order chi connectivity index (χ1) is 12.7. The summed E-state index contributed by atoms with van der Waals surface area (Å²) in [6.45, 7) is 3.38. The van der Waals surface area contributed by atoms with E-state index < -0.39 is 19.9 Å². The molecule has 7 nitrogen and oxygen atoms in total. The molecular weight excluding hydrogens is 388 g/mol. The first kappa shape index (κ1) is 20.3. The van der Waals surface area contributed by atoms with Crippen LogP contribution in [0.25, 0.3) is 0 Å². The number of hydrogen-bond acceptors (Lipinski definition) is 5. The van der Waals surface area contributed by atoms with Gasteiger partial charge in [-0.15, -0.1) is 0 Å². The number of sulfonamides is 1. The third-order valence-electron chi connectivity index (χ3n) is 5.16. The van der Waals surface area contributed by atoms with Crippen LogP contribution in [-0.2, 0) is 19.9 Å². The molecule has 1 amide bonds. The smallest absolute Gasteiger partial charge is 0.254 e. The molecule has 1 aromatic rings. The maximum atomic E-state index is 13.1. The lowest BCUT2D eigenvalue weighted by Crippen LogP contribution is -2.41. The second kappa shape index (κ2) is 7.89. The van der Waals surface area contributed by atoms with Crippen LogP contribution in [0.4, 0.5) is 0 Å². The molecule has 0 aliphatic carbocycles. The van der Waals surface area contributed by atoms with Crippen LogP contribution >= 0.6 is 0 Å².